The van der Waals surface area contributed by atoms with Crippen LogP contribution in [0.15, 0.2) is 11.8 Å². The fraction of sp³-hybridized carbons (Fsp3) is 0.800. The standard InChI is InChI=1S/C25H37NO5/c1-23(2,3)26-14-16-17(24(4)10-8-15(27)12-20(24)26)9-11-25(13-21(28)29)18(16)6-7-19(25)22(30)31-5/h12,16-19H,6-11,13-14H2,1-5H3,(H,28,29)/t16-,17+,18+,19-,24-,25-/m1/s1. The smallest absolute Gasteiger partial charge is 0.309 e. The highest BCUT2D eigenvalue weighted by Crippen LogP contribution is 2.67. The molecule has 4 aliphatic rings. The fourth-order valence-electron chi connectivity index (χ4n) is 7.87. The van der Waals surface area contributed by atoms with Crippen molar-refractivity contribution in [1.29, 1.82) is 0 Å². The van der Waals surface area contributed by atoms with E-state index in [-0.39, 0.29) is 41.0 Å². The van der Waals surface area contributed by atoms with Crippen molar-refractivity contribution in [2.45, 2.75) is 78.2 Å². The minimum absolute atomic E-state index is 0.0358. The van der Waals surface area contributed by atoms with Crippen LogP contribution >= 0.6 is 0 Å². The Morgan fingerprint density at radius 1 is 1.19 bits per heavy atom. The zero-order chi connectivity index (χ0) is 22.8. The van der Waals surface area contributed by atoms with Gasteiger partial charge >= 0.3 is 11.9 Å². The van der Waals surface area contributed by atoms with Crippen LogP contribution in [-0.2, 0) is 19.1 Å². The molecular formula is C25H37NO5. The molecule has 1 heterocycles. The number of carbonyl (C=O) groups is 3. The topological polar surface area (TPSA) is 83.9 Å². The van der Waals surface area contributed by atoms with E-state index in [1.54, 1.807) is 0 Å². The van der Waals surface area contributed by atoms with Crippen LogP contribution in [0.4, 0.5) is 0 Å². The number of likely N-dealkylation sites (tertiary alicyclic amines) is 1. The summed E-state index contributed by atoms with van der Waals surface area (Å²) in [6.07, 6.45) is 6.59. The number of carboxylic acid groups (broad SMARTS) is 1. The second-order valence-electron chi connectivity index (χ2n) is 11.6. The van der Waals surface area contributed by atoms with Gasteiger partial charge in [-0.2, -0.15) is 0 Å². The van der Waals surface area contributed by atoms with Gasteiger partial charge in [-0.3, -0.25) is 14.4 Å². The minimum Gasteiger partial charge on any atom is -0.481 e. The van der Waals surface area contributed by atoms with Gasteiger partial charge in [-0.15, -0.1) is 0 Å². The first-order valence-electron chi connectivity index (χ1n) is 11.8. The first-order chi connectivity index (χ1) is 14.4. The Morgan fingerprint density at radius 2 is 1.90 bits per heavy atom. The van der Waals surface area contributed by atoms with E-state index >= 15 is 0 Å². The zero-order valence-corrected chi connectivity index (χ0v) is 19.6. The Hall–Kier alpha value is -1.85. The van der Waals surface area contributed by atoms with E-state index in [0.717, 1.165) is 32.2 Å². The molecule has 0 unspecified atom stereocenters. The number of ether oxygens (including phenoxy) is 1. The van der Waals surface area contributed by atoms with Crippen molar-refractivity contribution in [3.8, 4) is 0 Å². The predicted molar refractivity (Wildman–Crippen MR) is 116 cm³/mol. The lowest BCUT2D eigenvalue weighted by molar-refractivity contribution is -0.161. The number of hydrogen-bond acceptors (Lipinski definition) is 5. The summed E-state index contributed by atoms with van der Waals surface area (Å²) >= 11 is 0. The van der Waals surface area contributed by atoms with Gasteiger partial charge in [0.25, 0.3) is 0 Å². The lowest BCUT2D eigenvalue weighted by atomic mass is 9.48. The van der Waals surface area contributed by atoms with Gasteiger partial charge in [0.15, 0.2) is 5.78 Å². The molecule has 0 radical (unpaired) electrons. The Balaban J connectivity index is 1.79. The molecule has 1 saturated heterocycles. The molecule has 6 heteroatoms. The number of carbonyl (C=O) groups excluding carboxylic acids is 2. The summed E-state index contributed by atoms with van der Waals surface area (Å²) in [5.74, 6) is -0.278. The van der Waals surface area contributed by atoms with Crippen LogP contribution in [0.3, 0.4) is 0 Å². The van der Waals surface area contributed by atoms with Gasteiger partial charge in [-0.05, 0) is 76.0 Å². The number of fused-ring (bicyclic) bond motifs is 5. The first kappa shape index (κ1) is 22.3. The average molecular weight is 432 g/mol. The molecule has 1 N–H and O–H groups in total. The number of nitrogens with zero attached hydrogens (tertiary/aromatic N) is 1. The lowest BCUT2D eigenvalue weighted by Gasteiger charge is -2.63. The molecule has 0 bridgehead atoms. The molecule has 0 spiro atoms. The SMILES string of the molecule is COC(=O)[C@H]1CC[C@H]2[C@@H]3CN(C(C)(C)C)C4=CC(=O)CC[C@]4(C)[C@H]3CC[C@]12CC(=O)O. The Labute approximate surface area is 185 Å². The van der Waals surface area contributed by atoms with Crippen LogP contribution < -0.4 is 0 Å². The molecule has 2 saturated carbocycles. The summed E-state index contributed by atoms with van der Waals surface area (Å²) in [4.78, 5) is 39.4. The van der Waals surface area contributed by atoms with E-state index in [4.69, 9.17) is 4.74 Å². The van der Waals surface area contributed by atoms with Crippen LogP contribution in [0.2, 0.25) is 0 Å². The summed E-state index contributed by atoms with van der Waals surface area (Å²) < 4.78 is 5.13. The summed E-state index contributed by atoms with van der Waals surface area (Å²) in [6, 6.07) is 0. The highest BCUT2D eigenvalue weighted by Gasteiger charge is 2.64. The van der Waals surface area contributed by atoms with Crippen LogP contribution in [0.25, 0.3) is 0 Å². The zero-order valence-electron chi connectivity index (χ0n) is 19.6. The highest BCUT2D eigenvalue weighted by atomic mass is 16.5. The van der Waals surface area contributed by atoms with Gasteiger partial charge in [0, 0.05) is 35.7 Å². The van der Waals surface area contributed by atoms with Crippen molar-refractivity contribution in [2.24, 2.45) is 34.5 Å². The molecule has 0 aromatic rings. The number of hydrogen-bond donors (Lipinski definition) is 1. The maximum absolute atomic E-state index is 12.7. The van der Waals surface area contributed by atoms with Gasteiger partial charge in [0.1, 0.15) is 0 Å². The third-order valence-electron chi connectivity index (χ3n) is 9.21. The number of piperidine rings is 1. The minimum atomic E-state index is -0.821. The van der Waals surface area contributed by atoms with Crippen LogP contribution in [0.5, 0.6) is 0 Å². The van der Waals surface area contributed by atoms with Crippen LogP contribution in [0, 0.1) is 34.5 Å². The molecule has 3 aliphatic carbocycles. The number of allylic oxidation sites excluding steroid dienone is 2. The monoisotopic (exact) mass is 431 g/mol. The quantitative estimate of drug-likeness (QED) is 0.679. The van der Waals surface area contributed by atoms with Crippen molar-refractivity contribution in [3.63, 3.8) is 0 Å². The number of esters is 1. The van der Waals surface area contributed by atoms with Crippen LogP contribution in [0.1, 0.15) is 72.6 Å². The molecule has 0 amide bonds. The first-order valence-corrected chi connectivity index (χ1v) is 11.8. The number of ketones is 1. The van der Waals surface area contributed by atoms with Crippen LogP contribution in [-0.4, -0.2) is 46.9 Å². The molecular weight excluding hydrogens is 394 g/mol. The van der Waals surface area contributed by atoms with E-state index in [0.29, 0.717) is 24.7 Å². The number of carboxylic acids is 1. The van der Waals surface area contributed by atoms with Crippen molar-refractivity contribution < 1.29 is 24.2 Å². The normalized spacial score (nSPS) is 39.8. The molecule has 4 rings (SSSR count). The molecule has 1 aliphatic heterocycles. The summed E-state index contributed by atoms with van der Waals surface area (Å²) in [5, 5.41) is 9.82. The Morgan fingerprint density at radius 3 is 2.52 bits per heavy atom. The summed E-state index contributed by atoms with van der Waals surface area (Å²) in [6.45, 7) is 9.70. The maximum Gasteiger partial charge on any atom is 0.309 e. The third-order valence-corrected chi connectivity index (χ3v) is 9.21. The van der Waals surface area contributed by atoms with Crippen molar-refractivity contribution in [2.75, 3.05) is 13.7 Å². The van der Waals surface area contributed by atoms with Gasteiger partial charge in [-0.25, -0.2) is 0 Å². The van der Waals surface area contributed by atoms with E-state index in [9.17, 15) is 19.5 Å². The van der Waals surface area contributed by atoms with Gasteiger partial charge in [0.2, 0.25) is 0 Å². The van der Waals surface area contributed by atoms with Gasteiger partial charge < -0.3 is 14.7 Å². The van der Waals surface area contributed by atoms with E-state index < -0.39 is 11.4 Å². The van der Waals surface area contributed by atoms with E-state index in [1.807, 2.05) is 6.08 Å². The Kier molecular flexibility index (Phi) is 5.30. The molecule has 0 aromatic carbocycles. The fourth-order valence-corrected chi connectivity index (χ4v) is 7.87. The average Bonchev–Trinajstić information content (AvgIpc) is 3.05. The predicted octanol–water partition coefficient (Wildman–Crippen LogP) is 4.04. The Bertz CT molecular complexity index is 826. The van der Waals surface area contributed by atoms with Crippen molar-refractivity contribution in [3.05, 3.63) is 11.8 Å². The van der Waals surface area contributed by atoms with Gasteiger partial charge in [-0.1, -0.05) is 6.92 Å². The molecule has 172 valence electrons. The second kappa shape index (κ2) is 7.35. The molecule has 0 aromatic heterocycles. The maximum atomic E-state index is 12.7. The summed E-state index contributed by atoms with van der Waals surface area (Å²) in [7, 11) is 1.41. The molecule has 31 heavy (non-hydrogen) atoms. The highest BCUT2D eigenvalue weighted by molar-refractivity contribution is 5.91. The van der Waals surface area contributed by atoms with Crippen molar-refractivity contribution >= 4 is 17.7 Å². The van der Waals surface area contributed by atoms with Crippen molar-refractivity contribution in [1.82, 2.24) is 4.90 Å². The molecule has 6 nitrogen and oxygen atoms in total. The molecule has 6 atom stereocenters. The number of methoxy groups -OCH3 is 1. The summed E-state index contributed by atoms with van der Waals surface area (Å²) in [5.41, 5.74) is 0.433. The number of aliphatic carboxylic acids is 1. The van der Waals surface area contributed by atoms with Gasteiger partial charge in [0.05, 0.1) is 19.4 Å². The molecule has 3 fully saturated rings. The van der Waals surface area contributed by atoms with E-state index in [2.05, 4.69) is 32.6 Å². The lowest BCUT2D eigenvalue weighted by Crippen LogP contribution is -2.61. The largest absolute Gasteiger partial charge is 0.481 e. The second-order valence-corrected chi connectivity index (χ2v) is 11.6. The third kappa shape index (κ3) is 3.32. The number of rotatable bonds is 3. The van der Waals surface area contributed by atoms with E-state index in [1.165, 1.54) is 12.8 Å².